The monoisotopic (exact) mass is 260 g/mol. The number of anilines is 1. The summed E-state index contributed by atoms with van der Waals surface area (Å²) in [5.74, 6) is -0.649. The zero-order valence-corrected chi connectivity index (χ0v) is 11.0. The number of aromatic nitrogens is 1. The van der Waals surface area contributed by atoms with Crippen molar-refractivity contribution in [1.29, 1.82) is 5.26 Å². The van der Waals surface area contributed by atoms with Crippen LogP contribution in [0, 0.1) is 11.3 Å². The highest BCUT2D eigenvalue weighted by atomic mass is 16.4. The average Bonchev–Trinajstić information content (AvgIpc) is 2.36. The molecule has 0 amide bonds. The first-order chi connectivity index (χ1) is 8.93. The van der Waals surface area contributed by atoms with Gasteiger partial charge in [-0.1, -0.05) is 0 Å². The van der Waals surface area contributed by atoms with Crippen LogP contribution in [0.15, 0.2) is 12.1 Å². The maximum atomic E-state index is 11.3. The summed E-state index contributed by atoms with van der Waals surface area (Å²) < 4.78 is 0. The number of nitriles is 1. The fourth-order valence-electron chi connectivity index (χ4n) is 2.24. The molecule has 2 heterocycles. The van der Waals surface area contributed by atoms with E-state index >= 15 is 0 Å². The first kappa shape index (κ1) is 13.3. The Morgan fingerprint density at radius 2 is 2.32 bits per heavy atom. The molecule has 0 atom stereocenters. The van der Waals surface area contributed by atoms with Gasteiger partial charge >= 0.3 is 5.97 Å². The summed E-state index contributed by atoms with van der Waals surface area (Å²) in [7, 11) is 0. The number of carboxylic acid groups (broad SMARTS) is 1. The molecule has 1 fully saturated rings. The summed E-state index contributed by atoms with van der Waals surface area (Å²) in [6, 6.07) is 4.82. The molecule has 1 saturated heterocycles. The third-order valence-corrected chi connectivity index (χ3v) is 3.09. The summed E-state index contributed by atoms with van der Waals surface area (Å²) in [6.45, 7) is 6.17. The van der Waals surface area contributed by atoms with Crippen molar-refractivity contribution in [3.8, 4) is 6.07 Å². The first-order valence-electron chi connectivity index (χ1n) is 6.07. The number of piperazine rings is 1. The third-order valence-electron chi connectivity index (χ3n) is 3.09. The smallest absolute Gasteiger partial charge is 0.339 e. The molecule has 0 unspecified atom stereocenters. The van der Waals surface area contributed by atoms with E-state index in [-0.39, 0.29) is 16.8 Å². The summed E-state index contributed by atoms with van der Waals surface area (Å²) in [4.78, 5) is 17.3. The number of hydrogen-bond donors (Lipinski definition) is 2. The Morgan fingerprint density at radius 1 is 1.58 bits per heavy atom. The Hall–Kier alpha value is -2.13. The van der Waals surface area contributed by atoms with E-state index in [0.29, 0.717) is 18.9 Å². The van der Waals surface area contributed by atoms with Crippen LogP contribution in [0.1, 0.15) is 29.9 Å². The van der Waals surface area contributed by atoms with Gasteiger partial charge in [0.2, 0.25) is 0 Å². The molecule has 0 bridgehead atoms. The Labute approximate surface area is 111 Å². The van der Waals surface area contributed by atoms with Gasteiger partial charge in [-0.05, 0) is 26.0 Å². The number of hydrogen-bond acceptors (Lipinski definition) is 5. The Kier molecular flexibility index (Phi) is 3.40. The van der Waals surface area contributed by atoms with Gasteiger partial charge in [0.05, 0.1) is 0 Å². The molecule has 1 aromatic rings. The Balaban J connectivity index is 2.42. The van der Waals surface area contributed by atoms with Crippen molar-refractivity contribution in [2.45, 2.75) is 19.4 Å². The fourth-order valence-corrected chi connectivity index (χ4v) is 2.24. The van der Waals surface area contributed by atoms with Crippen molar-refractivity contribution >= 4 is 11.8 Å². The highest BCUT2D eigenvalue weighted by Gasteiger charge is 2.29. The van der Waals surface area contributed by atoms with Crippen molar-refractivity contribution in [2.75, 3.05) is 24.5 Å². The van der Waals surface area contributed by atoms with Crippen molar-refractivity contribution in [1.82, 2.24) is 10.3 Å². The lowest BCUT2D eigenvalue weighted by Gasteiger charge is -2.40. The largest absolute Gasteiger partial charge is 0.478 e. The van der Waals surface area contributed by atoms with Crippen molar-refractivity contribution in [3.05, 3.63) is 23.4 Å². The maximum Gasteiger partial charge on any atom is 0.339 e. The molecule has 1 aliphatic rings. The number of aromatic carboxylic acids is 1. The summed E-state index contributed by atoms with van der Waals surface area (Å²) in [5, 5.41) is 21.5. The molecule has 0 aliphatic carbocycles. The minimum atomic E-state index is -1.02. The van der Waals surface area contributed by atoms with E-state index in [1.54, 1.807) is 0 Å². The predicted octanol–water partition coefficient (Wildman–Crippen LogP) is 0.840. The predicted molar refractivity (Wildman–Crippen MR) is 70.2 cm³/mol. The summed E-state index contributed by atoms with van der Waals surface area (Å²) in [5.41, 5.74) is 0.256. The SMILES string of the molecule is CC1(C)CN(c2nc(C#N)ccc2C(=O)O)CCN1. The van der Waals surface area contributed by atoms with Gasteiger partial charge < -0.3 is 15.3 Å². The molecule has 6 heteroatoms. The lowest BCUT2D eigenvalue weighted by molar-refractivity contribution is 0.0697. The highest BCUT2D eigenvalue weighted by Crippen LogP contribution is 2.22. The molecule has 1 aliphatic heterocycles. The van der Waals surface area contributed by atoms with E-state index in [1.165, 1.54) is 12.1 Å². The van der Waals surface area contributed by atoms with E-state index in [4.69, 9.17) is 5.26 Å². The van der Waals surface area contributed by atoms with Crippen LogP contribution in [0.4, 0.5) is 5.82 Å². The quantitative estimate of drug-likeness (QED) is 0.819. The van der Waals surface area contributed by atoms with E-state index in [2.05, 4.69) is 10.3 Å². The van der Waals surface area contributed by atoms with E-state index < -0.39 is 5.97 Å². The van der Waals surface area contributed by atoms with Crippen LogP contribution < -0.4 is 10.2 Å². The van der Waals surface area contributed by atoms with Gasteiger partial charge in [-0.3, -0.25) is 0 Å². The standard InChI is InChI=1S/C13H16N4O2/c1-13(2)8-17(6-5-15-13)11-10(12(18)19)4-3-9(7-14)16-11/h3-4,15H,5-6,8H2,1-2H3,(H,18,19). The minimum Gasteiger partial charge on any atom is -0.478 e. The molecule has 2 N–H and O–H groups in total. The van der Waals surface area contributed by atoms with Crippen LogP contribution in [-0.2, 0) is 0 Å². The topological polar surface area (TPSA) is 89.2 Å². The van der Waals surface area contributed by atoms with Gasteiger partial charge in [-0.2, -0.15) is 5.26 Å². The lowest BCUT2D eigenvalue weighted by Crippen LogP contribution is -2.57. The molecule has 0 spiro atoms. The number of pyridine rings is 1. The van der Waals surface area contributed by atoms with Gasteiger partial charge in [0.1, 0.15) is 23.1 Å². The molecule has 0 saturated carbocycles. The van der Waals surface area contributed by atoms with Gasteiger partial charge in [0, 0.05) is 25.2 Å². The van der Waals surface area contributed by atoms with Gasteiger partial charge in [0.25, 0.3) is 0 Å². The van der Waals surface area contributed by atoms with Crippen molar-refractivity contribution in [3.63, 3.8) is 0 Å². The number of rotatable bonds is 2. The average molecular weight is 260 g/mol. The molecule has 0 aromatic carbocycles. The third kappa shape index (κ3) is 2.83. The molecule has 0 radical (unpaired) electrons. The number of carboxylic acids is 1. The number of carbonyl (C=O) groups is 1. The zero-order chi connectivity index (χ0) is 14.0. The molecule has 2 rings (SSSR count). The number of nitrogens with zero attached hydrogens (tertiary/aromatic N) is 3. The fraction of sp³-hybridized carbons (Fsp3) is 0.462. The maximum absolute atomic E-state index is 11.3. The highest BCUT2D eigenvalue weighted by molar-refractivity contribution is 5.93. The second-order valence-corrected chi connectivity index (χ2v) is 5.22. The molecular weight excluding hydrogens is 244 g/mol. The normalized spacial score (nSPS) is 17.8. The van der Waals surface area contributed by atoms with Crippen LogP contribution in [0.25, 0.3) is 0 Å². The van der Waals surface area contributed by atoms with Crippen molar-refractivity contribution in [2.24, 2.45) is 0 Å². The minimum absolute atomic E-state index is 0.113. The Morgan fingerprint density at radius 3 is 2.89 bits per heavy atom. The summed E-state index contributed by atoms with van der Waals surface area (Å²) in [6.07, 6.45) is 0. The molecule has 19 heavy (non-hydrogen) atoms. The lowest BCUT2D eigenvalue weighted by atomic mass is 10.0. The van der Waals surface area contributed by atoms with E-state index in [1.807, 2.05) is 24.8 Å². The molecular formula is C13H16N4O2. The van der Waals surface area contributed by atoms with Gasteiger partial charge in [-0.15, -0.1) is 0 Å². The van der Waals surface area contributed by atoms with Crippen LogP contribution in [-0.4, -0.2) is 41.2 Å². The molecule has 6 nitrogen and oxygen atoms in total. The van der Waals surface area contributed by atoms with Crippen molar-refractivity contribution < 1.29 is 9.90 Å². The second kappa shape index (κ2) is 4.86. The molecule has 100 valence electrons. The van der Waals surface area contributed by atoms with Crippen LogP contribution in [0.3, 0.4) is 0 Å². The van der Waals surface area contributed by atoms with Crippen LogP contribution in [0.5, 0.6) is 0 Å². The second-order valence-electron chi connectivity index (χ2n) is 5.22. The van der Waals surface area contributed by atoms with E-state index in [0.717, 1.165) is 6.54 Å². The first-order valence-corrected chi connectivity index (χ1v) is 6.07. The van der Waals surface area contributed by atoms with Gasteiger partial charge in [-0.25, -0.2) is 9.78 Å². The summed E-state index contributed by atoms with van der Waals surface area (Å²) >= 11 is 0. The Bertz CT molecular complexity index is 548. The van der Waals surface area contributed by atoms with Crippen LogP contribution in [0.2, 0.25) is 0 Å². The number of nitrogens with one attached hydrogen (secondary N) is 1. The van der Waals surface area contributed by atoms with Gasteiger partial charge in [0.15, 0.2) is 0 Å². The molecule has 1 aromatic heterocycles. The van der Waals surface area contributed by atoms with Crippen LogP contribution >= 0.6 is 0 Å². The zero-order valence-electron chi connectivity index (χ0n) is 11.0. The van der Waals surface area contributed by atoms with E-state index in [9.17, 15) is 9.90 Å².